The molecule has 1 aromatic heterocycles. The lowest BCUT2D eigenvalue weighted by Gasteiger charge is -2.25. The largest absolute Gasteiger partial charge is 0.497 e. The molecular formula is C23H34FIN6O. The number of likely N-dealkylation sites (N-methyl/N-ethyl adjacent to an activating group) is 1. The smallest absolute Gasteiger partial charge is 0.191 e. The van der Waals surface area contributed by atoms with Gasteiger partial charge in [0.25, 0.3) is 0 Å². The van der Waals surface area contributed by atoms with Crippen LogP contribution in [0.3, 0.4) is 0 Å². The summed E-state index contributed by atoms with van der Waals surface area (Å²) in [7, 11) is 5.78. The summed E-state index contributed by atoms with van der Waals surface area (Å²) in [6.07, 6.45) is 2.53. The van der Waals surface area contributed by atoms with Crippen molar-refractivity contribution < 1.29 is 9.13 Å². The van der Waals surface area contributed by atoms with E-state index in [-0.39, 0.29) is 41.9 Å². The molecule has 1 saturated heterocycles. The van der Waals surface area contributed by atoms with Crippen molar-refractivity contribution in [3.63, 3.8) is 0 Å². The number of ether oxygens (including phenoxy) is 1. The van der Waals surface area contributed by atoms with Crippen LogP contribution in [-0.4, -0.2) is 69.3 Å². The molecule has 1 aromatic carbocycles. The summed E-state index contributed by atoms with van der Waals surface area (Å²) in [6, 6.07) is 11.5. The second-order valence-electron chi connectivity index (χ2n) is 7.86. The molecule has 2 unspecified atom stereocenters. The van der Waals surface area contributed by atoms with Crippen molar-refractivity contribution in [2.45, 2.75) is 25.4 Å². The molecule has 0 spiro atoms. The number of benzene rings is 1. The summed E-state index contributed by atoms with van der Waals surface area (Å²) in [5.74, 6) is 1.74. The van der Waals surface area contributed by atoms with Gasteiger partial charge in [-0.25, -0.2) is 9.37 Å². The molecule has 1 aliphatic heterocycles. The lowest BCUT2D eigenvalue weighted by Crippen LogP contribution is -2.45. The third-order valence-electron chi connectivity index (χ3n) is 5.44. The molecule has 0 saturated carbocycles. The molecule has 2 atom stereocenters. The second kappa shape index (κ2) is 12.8. The van der Waals surface area contributed by atoms with Gasteiger partial charge in [-0.05, 0) is 57.3 Å². The Bertz CT molecular complexity index is 881. The summed E-state index contributed by atoms with van der Waals surface area (Å²) >= 11 is 0. The Kier molecular flexibility index (Phi) is 10.4. The Balaban J connectivity index is 0.00000363. The highest BCUT2D eigenvalue weighted by atomic mass is 127. The van der Waals surface area contributed by atoms with E-state index >= 15 is 0 Å². The molecule has 0 bridgehead atoms. The van der Waals surface area contributed by atoms with Crippen molar-refractivity contribution in [2.24, 2.45) is 4.99 Å². The van der Waals surface area contributed by atoms with Gasteiger partial charge >= 0.3 is 0 Å². The molecule has 3 rings (SSSR count). The fourth-order valence-electron chi connectivity index (χ4n) is 3.79. The van der Waals surface area contributed by atoms with E-state index in [9.17, 15) is 4.39 Å². The van der Waals surface area contributed by atoms with E-state index in [0.717, 1.165) is 36.8 Å². The molecule has 1 fully saturated rings. The number of anilines is 1. The average Bonchev–Trinajstić information content (AvgIpc) is 3.22. The molecule has 0 radical (unpaired) electrons. The predicted octanol–water partition coefficient (Wildman–Crippen LogP) is 3.28. The molecule has 0 aliphatic carbocycles. The van der Waals surface area contributed by atoms with Crippen molar-refractivity contribution in [1.29, 1.82) is 0 Å². The van der Waals surface area contributed by atoms with Gasteiger partial charge in [0.15, 0.2) is 17.6 Å². The van der Waals surface area contributed by atoms with E-state index in [2.05, 4.69) is 46.7 Å². The Morgan fingerprint density at radius 1 is 1.34 bits per heavy atom. The minimum absolute atomic E-state index is 0. The average molecular weight is 556 g/mol. The number of guanidine groups is 1. The molecule has 32 heavy (non-hydrogen) atoms. The lowest BCUT2D eigenvalue weighted by molar-refractivity contribution is 0.305. The summed E-state index contributed by atoms with van der Waals surface area (Å²) in [5, 5.41) is 6.84. The zero-order chi connectivity index (χ0) is 22.2. The topological polar surface area (TPSA) is 65.0 Å². The van der Waals surface area contributed by atoms with Gasteiger partial charge in [-0.3, -0.25) is 4.99 Å². The van der Waals surface area contributed by atoms with Crippen molar-refractivity contribution in [2.75, 3.05) is 52.3 Å². The number of rotatable bonds is 8. The number of aromatic nitrogens is 1. The maximum atomic E-state index is 14.1. The van der Waals surface area contributed by atoms with Crippen LogP contribution in [-0.2, 0) is 0 Å². The van der Waals surface area contributed by atoms with Crippen LogP contribution in [0.1, 0.15) is 24.9 Å². The molecule has 1 aliphatic rings. The molecule has 2 heterocycles. The number of hydrogen-bond acceptors (Lipinski definition) is 5. The van der Waals surface area contributed by atoms with E-state index in [1.165, 1.54) is 6.07 Å². The first-order chi connectivity index (χ1) is 15.0. The Morgan fingerprint density at radius 2 is 2.16 bits per heavy atom. The molecule has 7 nitrogen and oxygen atoms in total. The quantitative estimate of drug-likeness (QED) is 0.296. The highest BCUT2D eigenvalue weighted by molar-refractivity contribution is 14.0. The number of methoxy groups -OCH3 is 1. The van der Waals surface area contributed by atoms with Crippen molar-refractivity contribution in [1.82, 2.24) is 20.5 Å². The van der Waals surface area contributed by atoms with Gasteiger partial charge in [0, 0.05) is 31.9 Å². The van der Waals surface area contributed by atoms with Gasteiger partial charge in [-0.2, -0.15) is 0 Å². The zero-order valence-electron chi connectivity index (χ0n) is 19.2. The number of aliphatic imine (C=N–C) groups is 1. The zero-order valence-corrected chi connectivity index (χ0v) is 21.5. The van der Waals surface area contributed by atoms with Gasteiger partial charge in [0.1, 0.15) is 5.75 Å². The maximum absolute atomic E-state index is 14.1. The number of hydrogen-bond donors (Lipinski definition) is 2. The minimum atomic E-state index is -0.282. The van der Waals surface area contributed by atoms with Crippen LogP contribution in [0, 0.1) is 5.82 Å². The predicted molar refractivity (Wildman–Crippen MR) is 139 cm³/mol. The van der Waals surface area contributed by atoms with Gasteiger partial charge in [-0.1, -0.05) is 12.1 Å². The third-order valence-corrected chi connectivity index (χ3v) is 5.44. The van der Waals surface area contributed by atoms with Crippen LogP contribution in [0.25, 0.3) is 0 Å². The molecule has 2 N–H and O–H groups in total. The SMILES string of the molecule is CCNC(=NCC(c1cccc(OC)c1)N(C)C)NC1CCN(c2ncccc2F)C1.I. The van der Waals surface area contributed by atoms with Gasteiger partial charge in [-0.15, -0.1) is 24.0 Å². The molecule has 0 amide bonds. The number of nitrogens with zero attached hydrogens (tertiary/aromatic N) is 4. The van der Waals surface area contributed by atoms with Crippen LogP contribution in [0.5, 0.6) is 5.75 Å². The van der Waals surface area contributed by atoms with Crippen LogP contribution in [0.4, 0.5) is 10.2 Å². The molecule has 2 aromatic rings. The van der Waals surface area contributed by atoms with Gasteiger partial charge < -0.3 is 25.2 Å². The summed E-state index contributed by atoms with van der Waals surface area (Å²) < 4.78 is 19.5. The van der Waals surface area contributed by atoms with Crippen molar-refractivity contribution in [3.05, 3.63) is 54.0 Å². The minimum Gasteiger partial charge on any atom is -0.497 e. The Labute approximate surface area is 207 Å². The van der Waals surface area contributed by atoms with Crippen LogP contribution in [0.2, 0.25) is 0 Å². The Hall–Kier alpha value is -2.14. The maximum Gasteiger partial charge on any atom is 0.191 e. The lowest BCUT2D eigenvalue weighted by atomic mass is 10.1. The molecule has 176 valence electrons. The fraction of sp³-hybridized carbons (Fsp3) is 0.478. The van der Waals surface area contributed by atoms with E-state index in [4.69, 9.17) is 9.73 Å². The van der Waals surface area contributed by atoms with E-state index in [1.807, 2.05) is 24.0 Å². The number of nitrogens with one attached hydrogen (secondary N) is 2. The van der Waals surface area contributed by atoms with Crippen LogP contribution in [0.15, 0.2) is 47.6 Å². The first-order valence-electron chi connectivity index (χ1n) is 10.7. The molecule has 9 heteroatoms. The fourth-order valence-corrected chi connectivity index (χ4v) is 3.79. The Morgan fingerprint density at radius 3 is 2.84 bits per heavy atom. The van der Waals surface area contributed by atoms with Crippen LogP contribution < -0.4 is 20.3 Å². The molecular weight excluding hydrogens is 522 g/mol. The van der Waals surface area contributed by atoms with Crippen LogP contribution >= 0.6 is 24.0 Å². The van der Waals surface area contributed by atoms with Crippen molar-refractivity contribution in [3.8, 4) is 5.75 Å². The third kappa shape index (κ3) is 6.93. The summed E-state index contributed by atoms with van der Waals surface area (Å²) in [4.78, 5) is 13.2. The van der Waals surface area contributed by atoms with Gasteiger partial charge in [0.05, 0.1) is 19.7 Å². The first-order valence-corrected chi connectivity index (χ1v) is 10.7. The standard InChI is InChI=1S/C23H33FN6O.HI/c1-5-25-23(27-15-21(29(2)3)17-8-6-9-19(14-17)31-4)28-18-11-13-30(16-18)22-20(24)10-7-12-26-22;/h6-10,12,14,18,21H,5,11,13,15-16H2,1-4H3,(H2,25,27,28);1H. The van der Waals surface area contributed by atoms with E-state index in [1.54, 1.807) is 19.4 Å². The number of halogens is 2. The summed E-state index contributed by atoms with van der Waals surface area (Å²) in [6.45, 7) is 4.86. The van der Waals surface area contributed by atoms with E-state index < -0.39 is 0 Å². The normalized spacial score (nSPS) is 17.1. The van der Waals surface area contributed by atoms with Gasteiger partial charge in [0.2, 0.25) is 0 Å². The highest BCUT2D eigenvalue weighted by Gasteiger charge is 2.26. The second-order valence-corrected chi connectivity index (χ2v) is 7.86. The summed E-state index contributed by atoms with van der Waals surface area (Å²) in [5.41, 5.74) is 1.15. The monoisotopic (exact) mass is 556 g/mol. The van der Waals surface area contributed by atoms with E-state index in [0.29, 0.717) is 18.9 Å². The van der Waals surface area contributed by atoms with Crippen molar-refractivity contribution >= 4 is 35.8 Å². The number of pyridine rings is 1. The highest BCUT2D eigenvalue weighted by Crippen LogP contribution is 2.23. The first kappa shape index (κ1) is 26.1.